The van der Waals surface area contributed by atoms with Gasteiger partial charge in [0.05, 0.1) is 6.10 Å². The average molecular weight is 246 g/mol. The van der Waals surface area contributed by atoms with Crippen LogP contribution in [-0.4, -0.2) is 17.0 Å². The fourth-order valence-electron chi connectivity index (χ4n) is 2.95. The van der Waals surface area contributed by atoms with Crippen molar-refractivity contribution in [2.75, 3.05) is 0 Å². The van der Waals surface area contributed by atoms with Crippen molar-refractivity contribution < 1.29 is 9.90 Å². The van der Waals surface area contributed by atoms with E-state index in [0.29, 0.717) is 6.42 Å². The quantitative estimate of drug-likeness (QED) is 0.886. The molecular weight excluding hydrogens is 224 g/mol. The number of hydrogen-bond donors (Lipinski definition) is 1. The Balaban J connectivity index is 2.08. The minimum atomic E-state index is -0.535. The summed E-state index contributed by atoms with van der Waals surface area (Å²) in [6, 6.07) is 10.2. The molecule has 0 heterocycles. The third kappa shape index (κ3) is 2.81. The van der Waals surface area contributed by atoms with Crippen LogP contribution in [0.5, 0.6) is 0 Å². The Morgan fingerprint density at radius 1 is 1.33 bits per heavy atom. The zero-order valence-electron chi connectivity index (χ0n) is 11.2. The maximum absolute atomic E-state index is 11.8. The molecule has 1 saturated carbocycles. The zero-order chi connectivity index (χ0) is 13.2. The van der Waals surface area contributed by atoms with Gasteiger partial charge in [0.1, 0.15) is 5.78 Å². The molecule has 2 rings (SSSR count). The van der Waals surface area contributed by atoms with Crippen molar-refractivity contribution in [2.24, 2.45) is 11.3 Å². The first-order valence-corrected chi connectivity index (χ1v) is 6.75. The Morgan fingerprint density at radius 2 is 2.00 bits per heavy atom. The van der Waals surface area contributed by atoms with Gasteiger partial charge in [0.25, 0.3) is 0 Å². The Bertz CT molecular complexity index is 408. The predicted octanol–water partition coefficient (Wildman–Crippen LogP) is 2.99. The van der Waals surface area contributed by atoms with Crippen molar-refractivity contribution in [3.05, 3.63) is 35.9 Å². The Kier molecular flexibility index (Phi) is 3.86. The summed E-state index contributed by atoms with van der Waals surface area (Å²) in [6.07, 6.45) is 2.69. The Labute approximate surface area is 109 Å². The van der Waals surface area contributed by atoms with Gasteiger partial charge in [-0.3, -0.25) is 4.79 Å². The molecule has 1 aromatic carbocycles. The highest BCUT2D eigenvalue weighted by atomic mass is 16.3. The van der Waals surface area contributed by atoms with Gasteiger partial charge in [0.2, 0.25) is 0 Å². The summed E-state index contributed by atoms with van der Waals surface area (Å²) in [5.41, 5.74) is 0.957. The molecule has 1 aliphatic rings. The maximum atomic E-state index is 11.8. The number of Topliss-reactive ketones (excluding diaryl/α,β-unsaturated/α-hetero) is 1. The first kappa shape index (κ1) is 13.3. The molecule has 1 aromatic rings. The molecule has 0 amide bonds. The lowest BCUT2D eigenvalue weighted by atomic mass is 9.74. The molecule has 1 aliphatic carbocycles. The van der Waals surface area contributed by atoms with Gasteiger partial charge < -0.3 is 5.11 Å². The van der Waals surface area contributed by atoms with E-state index in [1.807, 2.05) is 18.2 Å². The van der Waals surface area contributed by atoms with Gasteiger partial charge >= 0.3 is 0 Å². The third-order valence-electron chi connectivity index (χ3n) is 4.04. The van der Waals surface area contributed by atoms with Crippen LogP contribution in [0.3, 0.4) is 0 Å². The number of aliphatic hydroxyl groups excluding tert-OH is 1. The summed E-state index contributed by atoms with van der Waals surface area (Å²) in [6.45, 7) is 4.10. The third-order valence-corrected chi connectivity index (χ3v) is 4.04. The van der Waals surface area contributed by atoms with Crippen molar-refractivity contribution in [3.63, 3.8) is 0 Å². The molecule has 1 N–H and O–H groups in total. The molecule has 0 radical (unpaired) electrons. The molecule has 0 bridgehead atoms. The second-order valence-corrected chi connectivity index (χ2v) is 6.06. The molecule has 0 spiro atoms. The molecule has 1 fully saturated rings. The molecule has 2 unspecified atom stereocenters. The molecule has 2 nitrogen and oxygen atoms in total. The van der Waals surface area contributed by atoms with E-state index in [0.717, 1.165) is 19.3 Å². The van der Waals surface area contributed by atoms with E-state index >= 15 is 0 Å². The molecule has 0 saturated heterocycles. The van der Waals surface area contributed by atoms with E-state index in [-0.39, 0.29) is 17.1 Å². The SMILES string of the molecule is CC(C)(Cc1ccccc1)C(O)C1CCCC1=O. The highest BCUT2D eigenvalue weighted by molar-refractivity contribution is 5.83. The van der Waals surface area contributed by atoms with Gasteiger partial charge in [-0.25, -0.2) is 0 Å². The fraction of sp³-hybridized carbons (Fsp3) is 0.562. The lowest BCUT2D eigenvalue weighted by molar-refractivity contribution is -0.126. The van der Waals surface area contributed by atoms with Crippen LogP contribution in [0.1, 0.15) is 38.7 Å². The number of ketones is 1. The standard InChI is InChI=1S/C16H22O2/c1-16(2,11-12-7-4-3-5-8-12)15(18)13-9-6-10-14(13)17/h3-5,7-8,13,15,18H,6,9-11H2,1-2H3. The van der Waals surface area contributed by atoms with Gasteiger partial charge in [-0.2, -0.15) is 0 Å². The lowest BCUT2D eigenvalue weighted by Gasteiger charge is -2.34. The number of carbonyl (C=O) groups is 1. The second-order valence-electron chi connectivity index (χ2n) is 6.06. The number of benzene rings is 1. The molecule has 2 atom stereocenters. The largest absolute Gasteiger partial charge is 0.392 e. The lowest BCUT2D eigenvalue weighted by Crippen LogP contribution is -2.39. The van der Waals surface area contributed by atoms with Gasteiger partial charge in [-0.15, -0.1) is 0 Å². The van der Waals surface area contributed by atoms with Crippen LogP contribution in [0.15, 0.2) is 30.3 Å². The Hall–Kier alpha value is -1.15. The molecule has 0 aromatic heterocycles. The van der Waals surface area contributed by atoms with E-state index in [1.54, 1.807) is 0 Å². The van der Waals surface area contributed by atoms with Crippen LogP contribution in [0.4, 0.5) is 0 Å². The van der Waals surface area contributed by atoms with E-state index in [1.165, 1.54) is 5.56 Å². The van der Waals surface area contributed by atoms with Crippen LogP contribution in [0, 0.1) is 11.3 Å². The van der Waals surface area contributed by atoms with E-state index in [9.17, 15) is 9.90 Å². The minimum Gasteiger partial charge on any atom is -0.392 e. The second kappa shape index (κ2) is 5.23. The Morgan fingerprint density at radius 3 is 2.56 bits per heavy atom. The van der Waals surface area contributed by atoms with Gasteiger partial charge in [0.15, 0.2) is 0 Å². The molecule has 18 heavy (non-hydrogen) atoms. The van der Waals surface area contributed by atoms with Crippen LogP contribution in [0.25, 0.3) is 0 Å². The molecule has 2 heteroatoms. The van der Waals surface area contributed by atoms with Crippen molar-refractivity contribution in [1.82, 2.24) is 0 Å². The normalized spacial score (nSPS) is 22.2. The number of carbonyl (C=O) groups excluding carboxylic acids is 1. The summed E-state index contributed by atoms with van der Waals surface area (Å²) in [5.74, 6) is 0.0901. The highest BCUT2D eigenvalue weighted by Crippen LogP contribution is 2.36. The summed E-state index contributed by atoms with van der Waals surface area (Å²) < 4.78 is 0. The van der Waals surface area contributed by atoms with Gasteiger partial charge in [-0.1, -0.05) is 44.2 Å². The van der Waals surface area contributed by atoms with Crippen LogP contribution < -0.4 is 0 Å². The average Bonchev–Trinajstić information content (AvgIpc) is 2.75. The van der Waals surface area contributed by atoms with Crippen LogP contribution in [0.2, 0.25) is 0 Å². The summed E-state index contributed by atoms with van der Waals surface area (Å²) in [5, 5.41) is 10.5. The topological polar surface area (TPSA) is 37.3 Å². The van der Waals surface area contributed by atoms with Gasteiger partial charge in [0, 0.05) is 12.3 Å². The first-order valence-electron chi connectivity index (χ1n) is 6.75. The first-order chi connectivity index (χ1) is 8.50. The fourth-order valence-corrected chi connectivity index (χ4v) is 2.95. The smallest absolute Gasteiger partial charge is 0.138 e. The van der Waals surface area contributed by atoms with Crippen LogP contribution in [-0.2, 0) is 11.2 Å². The zero-order valence-corrected chi connectivity index (χ0v) is 11.2. The predicted molar refractivity (Wildman–Crippen MR) is 72.3 cm³/mol. The number of hydrogen-bond acceptors (Lipinski definition) is 2. The molecule has 98 valence electrons. The summed E-state index contributed by atoms with van der Waals surface area (Å²) >= 11 is 0. The molecule has 0 aliphatic heterocycles. The van der Waals surface area contributed by atoms with E-state index < -0.39 is 6.10 Å². The minimum absolute atomic E-state index is 0.149. The number of rotatable bonds is 4. The summed E-state index contributed by atoms with van der Waals surface area (Å²) in [4.78, 5) is 11.8. The maximum Gasteiger partial charge on any atom is 0.138 e. The highest BCUT2D eigenvalue weighted by Gasteiger charge is 2.39. The van der Waals surface area contributed by atoms with E-state index in [2.05, 4.69) is 26.0 Å². The van der Waals surface area contributed by atoms with Crippen molar-refractivity contribution in [3.8, 4) is 0 Å². The molecular formula is C16H22O2. The monoisotopic (exact) mass is 246 g/mol. The van der Waals surface area contributed by atoms with Crippen molar-refractivity contribution >= 4 is 5.78 Å². The van der Waals surface area contributed by atoms with Gasteiger partial charge in [-0.05, 0) is 30.2 Å². The van der Waals surface area contributed by atoms with Crippen LogP contribution >= 0.6 is 0 Å². The van der Waals surface area contributed by atoms with Crippen molar-refractivity contribution in [2.45, 2.75) is 45.6 Å². The van der Waals surface area contributed by atoms with E-state index in [4.69, 9.17) is 0 Å². The number of aliphatic hydroxyl groups is 1. The summed E-state index contributed by atoms with van der Waals surface area (Å²) in [7, 11) is 0. The van der Waals surface area contributed by atoms with Crippen molar-refractivity contribution in [1.29, 1.82) is 0 Å².